The lowest BCUT2D eigenvalue weighted by Crippen LogP contribution is -2.23. The summed E-state index contributed by atoms with van der Waals surface area (Å²) in [5, 5.41) is 0.486. The van der Waals surface area contributed by atoms with E-state index in [0.29, 0.717) is 27.1 Å². The Kier molecular flexibility index (Phi) is 8.48. The van der Waals surface area contributed by atoms with E-state index in [1.54, 1.807) is 76.4 Å². The molecule has 9 heteroatoms. The van der Waals surface area contributed by atoms with Crippen molar-refractivity contribution in [1.29, 1.82) is 0 Å². The number of carbonyl (C=O) groups excluding carboxylic acids is 3. The molecule has 1 amide bonds. The minimum absolute atomic E-state index is 0.190. The van der Waals surface area contributed by atoms with Crippen LogP contribution >= 0.6 is 11.8 Å². The average molecular weight is 483 g/mol. The van der Waals surface area contributed by atoms with Gasteiger partial charge in [0.05, 0.1) is 28.9 Å². The van der Waals surface area contributed by atoms with Crippen LogP contribution in [-0.2, 0) is 19.1 Å². The van der Waals surface area contributed by atoms with E-state index >= 15 is 0 Å². The SMILES string of the molecule is CCOC(=O)COc1cccc(/C=C2/SC(=Nc3cccc(C(=O)OC(C)C)c3)N(C)C2=O)c1. The van der Waals surface area contributed by atoms with Crippen molar-refractivity contribution < 1.29 is 28.6 Å². The molecule has 178 valence electrons. The number of benzene rings is 2. The third kappa shape index (κ3) is 6.71. The predicted octanol–water partition coefficient (Wildman–Crippen LogP) is 4.43. The van der Waals surface area contributed by atoms with Gasteiger partial charge in [0.25, 0.3) is 5.91 Å². The zero-order valence-corrected chi connectivity index (χ0v) is 20.3. The third-order valence-electron chi connectivity index (χ3n) is 4.47. The van der Waals surface area contributed by atoms with Crippen LogP contribution in [0.4, 0.5) is 5.69 Å². The molecule has 0 bridgehead atoms. The lowest BCUT2D eigenvalue weighted by molar-refractivity contribution is -0.145. The summed E-state index contributed by atoms with van der Waals surface area (Å²) in [6, 6.07) is 13.8. The Hall–Kier alpha value is -3.59. The number of likely N-dealkylation sites (N-methyl/N-ethyl adjacent to an activating group) is 1. The number of esters is 2. The summed E-state index contributed by atoms with van der Waals surface area (Å²) in [6.07, 6.45) is 1.51. The number of amidine groups is 1. The first kappa shape index (κ1) is 25.0. The molecular formula is C25H26N2O6S. The molecule has 0 aromatic heterocycles. The topological polar surface area (TPSA) is 94.5 Å². The smallest absolute Gasteiger partial charge is 0.344 e. The van der Waals surface area contributed by atoms with Gasteiger partial charge in [-0.25, -0.2) is 14.6 Å². The highest BCUT2D eigenvalue weighted by Crippen LogP contribution is 2.33. The van der Waals surface area contributed by atoms with Gasteiger partial charge in [0, 0.05) is 7.05 Å². The molecule has 0 saturated carbocycles. The van der Waals surface area contributed by atoms with E-state index in [1.165, 1.54) is 16.7 Å². The number of thioether (sulfide) groups is 1. The van der Waals surface area contributed by atoms with Crippen molar-refractivity contribution in [2.24, 2.45) is 4.99 Å². The van der Waals surface area contributed by atoms with Gasteiger partial charge in [-0.05, 0) is 74.5 Å². The van der Waals surface area contributed by atoms with Crippen molar-refractivity contribution >= 4 is 46.5 Å². The van der Waals surface area contributed by atoms with Crippen molar-refractivity contribution in [2.45, 2.75) is 26.9 Å². The van der Waals surface area contributed by atoms with Crippen LogP contribution in [0.3, 0.4) is 0 Å². The van der Waals surface area contributed by atoms with Crippen LogP contribution in [0.2, 0.25) is 0 Å². The van der Waals surface area contributed by atoms with Gasteiger partial charge in [0.1, 0.15) is 5.75 Å². The van der Waals surface area contributed by atoms with Gasteiger partial charge in [-0.1, -0.05) is 18.2 Å². The minimum Gasteiger partial charge on any atom is -0.482 e. The highest BCUT2D eigenvalue weighted by Gasteiger charge is 2.30. The summed E-state index contributed by atoms with van der Waals surface area (Å²) in [5.41, 5.74) is 1.67. The number of nitrogens with zero attached hydrogens (tertiary/aromatic N) is 2. The number of hydrogen-bond donors (Lipinski definition) is 0. The largest absolute Gasteiger partial charge is 0.482 e. The van der Waals surface area contributed by atoms with Gasteiger partial charge in [-0.15, -0.1) is 0 Å². The van der Waals surface area contributed by atoms with Gasteiger partial charge in [-0.3, -0.25) is 9.69 Å². The quantitative estimate of drug-likeness (QED) is 0.406. The zero-order valence-electron chi connectivity index (χ0n) is 19.4. The van der Waals surface area contributed by atoms with E-state index in [4.69, 9.17) is 14.2 Å². The van der Waals surface area contributed by atoms with Gasteiger partial charge >= 0.3 is 11.9 Å². The first-order chi connectivity index (χ1) is 16.3. The second kappa shape index (κ2) is 11.5. The summed E-state index contributed by atoms with van der Waals surface area (Å²) in [6.45, 7) is 5.40. The summed E-state index contributed by atoms with van der Waals surface area (Å²) >= 11 is 1.23. The molecule has 1 fully saturated rings. The third-order valence-corrected chi connectivity index (χ3v) is 5.53. The summed E-state index contributed by atoms with van der Waals surface area (Å²) in [5.74, 6) is -0.579. The Labute approximate surface area is 202 Å². The number of amides is 1. The van der Waals surface area contributed by atoms with Gasteiger partial charge < -0.3 is 14.2 Å². The van der Waals surface area contributed by atoms with Crippen LogP contribution in [0.1, 0.15) is 36.7 Å². The second-order valence-electron chi connectivity index (χ2n) is 7.54. The summed E-state index contributed by atoms with van der Waals surface area (Å²) < 4.78 is 15.6. The molecule has 2 aromatic carbocycles. The molecular weight excluding hydrogens is 456 g/mol. The van der Waals surface area contributed by atoms with Gasteiger partial charge in [0.15, 0.2) is 11.8 Å². The molecule has 1 aliphatic rings. The summed E-state index contributed by atoms with van der Waals surface area (Å²) in [4.78, 5) is 42.9. The van der Waals surface area contributed by atoms with E-state index < -0.39 is 11.9 Å². The van der Waals surface area contributed by atoms with E-state index in [2.05, 4.69) is 4.99 Å². The fraction of sp³-hybridized carbons (Fsp3) is 0.280. The summed E-state index contributed by atoms with van der Waals surface area (Å²) in [7, 11) is 1.64. The van der Waals surface area contributed by atoms with Crippen molar-refractivity contribution in [1.82, 2.24) is 4.90 Å². The molecule has 1 aliphatic heterocycles. The van der Waals surface area contributed by atoms with Crippen LogP contribution < -0.4 is 4.74 Å². The van der Waals surface area contributed by atoms with Crippen LogP contribution in [-0.4, -0.2) is 54.3 Å². The Morgan fingerprint density at radius 1 is 1.15 bits per heavy atom. The Balaban J connectivity index is 1.76. The standard InChI is InChI=1S/C25H26N2O6S/c1-5-31-22(28)15-32-20-11-6-8-17(12-20)13-21-23(29)27(4)25(34-21)26-19-10-7-9-18(14-19)24(30)33-16(2)3/h6-14,16H,5,15H2,1-4H3/b21-13+,26-25?. The van der Waals surface area contributed by atoms with Gasteiger partial charge in [-0.2, -0.15) is 0 Å². The van der Waals surface area contributed by atoms with E-state index in [-0.39, 0.29) is 25.2 Å². The van der Waals surface area contributed by atoms with E-state index in [9.17, 15) is 14.4 Å². The number of rotatable bonds is 8. The Morgan fingerprint density at radius 2 is 1.91 bits per heavy atom. The molecule has 0 aliphatic carbocycles. The predicted molar refractivity (Wildman–Crippen MR) is 131 cm³/mol. The molecule has 1 heterocycles. The van der Waals surface area contributed by atoms with Gasteiger partial charge in [0.2, 0.25) is 0 Å². The van der Waals surface area contributed by atoms with Crippen LogP contribution in [0.15, 0.2) is 58.4 Å². The first-order valence-corrected chi connectivity index (χ1v) is 11.5. The normalized spacial score (nSPS) is 15.8. The molecule has 2 aromatic rings. The molecule has 0 unspecified atom stereocenters. The van der Waals surface area contributed by atoms with E-state index in [0.717, 1.165) is 5.56 Å². The van der Waals surface area contributed by atoms with Crippen molar-refractivity contribution in [3.05, 3.63) is 64.6 Å². The number of carbonyl (C=O) groups is 3. The molecule has 0 N–H and O–H groups in total. The Morgan fingerprint density at radius 3 is 2.65 bits per heavy atom. The zero-order chi connectivity index (χ0) is 24.7. The fourth-order valence-electron chi connectivity index (χ4n) is 2.94. The lowest BCUT2D eigenvalue weighted by Gasteiger charge is -2.09. The van der Waals surface area contributed by atoms with Crippen molar-refractivity contribution in [3.8, 4) is 5.75 Å². The number of hydrogen-bond acceptors (Lipinski definition) is 8. The van der Waals surface area contributed by atoms with Crippen LogP contribution in [0, 0.1) is 0 Å². The highest BCUT2D eigenvalue weighted by atomic mass is 32.2. The molecule has 0 radical (unpaired) electrons. The molecule has 3 rings (SSSR count). The monoisotopic (exact) mass is 482 g/mol. The maximum Gasteiger partial charge on any atom is 0.344 e. The van der Waals surface area contributed by atoms with Crippen molar-refractivity contribution in [3.63, 3.8) is 0 Å². The van der Waals surface area contributed by atoms with Crippen LogP contribution in [0.5, 0.6) is 5.75 Å². The number of ether oxygens (including phenoxy) is 3. The second-order valence-corrected chi connectivity index (χ2v) is 8.55. The lowest BCUT2D eigenvalue weighted by atomic mass is 10.2. The molecule has 1 saturated heterocycles. The molecule has 0 atom stereocenters. The maximum absolute atomic E-state index is 12.8. The molecule has 34 heavy (non-hydrogen) atoms. The average Bonchev–Trinajstić information content (AvgIpc) is 3.05. The van der Waals surface area contributed by atoms with E-state index in [1.807, 2.05) is 6.07 Å². The number of aliphatic imine (C=N–C) groups is 1. The van der Waals surface area contributed by atoms with Crippen molar-refractivity contribution in [2.75, 3.05) is 20.3 Å². The minimum atomic E-state index is -0.447. The van der Waals surface area contributed by atoms with Crippen LogP contribution in [0.25, 0.3) is 6.08 Å². The first-order valence-electron chi connectivity index (χ1n) is 10.7. The molecule has 0 spiro atoms. The molecule has 8 nitrogen and oxygen atoms in total. The maximum atomic E-state index is 12.8. The Bertz CT molecular complexity index is 1140. The fourth-order valence-corrected chi connectivity index (χ4v) is 3.92. The highest BCUT2D eigenvalue weighted by molar-refractivity contribution is 8.18.